The molecule has 1 saturated heterocycles. The number of nitrogens with zero attached hydrogens (tertiary/aromatic N) is 3. The number of methoxy groups -OCH3 is 2. The van der Waals surface area contributed by atoms with Crippen LogP contribution in [0.3, 0.4) is 0 Å². The third kappa shape index (κ3) is 4.11. The van der Waals surface area contributed by atoms with Crippen molar-refractivity contribution in [2.45, 2.75) is 25.3 Å². The monoisotopic (exact) mass is 395 g/mol. The number of nitrogens with one attached hydrogen (secondary N) is 2. The van der Waals surface area contributed by atoms with E-state index in [-0.39, 0.29) is 12.1 Å². The van der Waals surface area contributed by atoms with Gasteiger partial charge in [0.2, 0.25) is 0 Å². The number of carbonyl (C=O) groups excluding carboxylic acids is 1. The van der Waals surface area contributed by atoms with E-state index in [9.17, 15) is 4.79 Å². The number of piperidine rings is 1. The van der Waals surface area contributed by atoms with Gasteiger partial charge in [-0.25, -0.2) is 14.8 Å². The van der Waals surface area contributed by atoms with Crippen LogP contribution in [0.4, 0.5) is 16.3 Å². The van der Waals surface area contributed by atoms with E-state index in [4.69, 9.17) is 9.47 Å². The first-order chi connectivity index (χ1) is 14.2. The third-order valence-corrected chi connectivity index (χ3v) is 5.31. The molecule has 1 aliphatic carbocycles. The van der Waals surface area contributed by atoms with Crippen LogP contribution in [0.15, 0.2) is 30.6 Å². The Kier molecular flexibility index (Phi) is 5.50. The topological polar surface area (TPSA) is 88.6 Å². The summed E-state index contributed by atoms with van der Waals surface area (Å²) < 4.78 is 10.5. The minimum absolute atomic E-state index is 0.122. The molecule has 4 rings (SSSR count). The minimum Gasteiger partial charge on any atom is -0.493 e. The van der Waals surface area contributed by atoms with Gasteiger partial charge < -0.3 is 25.0 Å². The number of amides is 2. The molecular weight excluding hydrogens is 370 g/mol. The van der Waals surface area contributed by atoms with E-state index in [0.29, 0.717) is 17.2 Å². The Morgan fingerprint density at radius 2 is 1.93 bits per heavy atom. The largest absolute Gasteiger partial charge is 0.493 e. The van der Waals surface area contributed by atoms with Gasteiger partial charge in [-0.15, -0.1) is 0 Å². The summed E-state index contributed by atoms with van der Waals surface area (Å²) in [4.78, 5) is 23.5. The maximum absolute atomic E-state index is 12.4. The Morgan fingerprint density at radius 1 is 1.14 bits per heavy atom. The molecule has 2 amide bonds. The average molecular weight is 395 g/mol. The van der Waals surface area contributed by atoms with Crippen LogP contribution in [0.25, 0.3) is 6.08 Å². The Morgan fingerprint density at radius 3 is 2.69 bits per heavy atom. The second-order valence-electron chi connectivity index (χ2n) is 7.09. The van der Waals surface area contributed by atoms with Crippen LogP contribution in [0.2, 0.25) is 0 Å². The van der Waals surface area contributed by atoms with Crippen LogP contribution in [-0.2, 0) is 6.42 Å². The lowest BCUT2D eigenvalue weighted by atomic mass is 10.0. The summed E-state index contributed by atoms with van der Waals surface area (Å²) >= 11 is 0. The molecule has 1 fully saturated rings. The van der Waals surface area contributed by atoms with Crippen molar-refractivity contribution in [3.8, 4) is 11.5 Å². The molecule has 8 nitrogen and oxygen atoms in total. The molecule has 2 aliphatic rings. The fourth-order valence-corrected chi connectivity index (χ4v) is 3.80. The average Bonchev–Trinajstić information content (AvgIpc) is 3.23. The molecule has 1 aliphatic heterocycles. The van der Waals surface area contributed by atoms with Crippen LogP contribution in [-0.4, -0.2) is 49.4 Å². The van der Waals surface area contributed by atoms with Gasteiger partial charge in [0.15, 0.2) is 11.5 Å². The zero-order valence-corrected chi connectivity index (χ0v) is 16.6. The Labute approximate surface area is 169 Å². The first kappa shape index (κ1) is 19.0. The number of urea groups is 1. The van der Waals surface area contributed by atoms with Crippen molar-refractivity contribution < 1.29 is 14.3 Å². The van der Waals surface area contributed by atoms with Gasteiger partial charge >= 0.3 is 6.03 Å². The lowest BCUT2D eigenvalue weighted by molar-refractivity contribution is 0.246. The van der Waals surface area contributed by atoms with E-state index in [1.165, 1.54) is 0 Å². The number of carbonyl (C=O) groups is 1. The first-order valence-electron chi connectivity index (χ1n) is 9.73. The van der Waals surface area contributed by atoms with Crippen LogP contribution < -0.4 is 25.0 Å². The zero-order valence-electron chi connectivity index (χ0n) is 16.6. The predicted molar refractivity (Wildman–Crippen MR) is 112 cm³/mol. The number of hydrogen-bond acceptors (Lipinski definition) is 6. The van der Waals surface area contributed by atoms with Gasteiger partial charge in [0.25, 0.3) is 0 Å². The Balaban J connectivity index is 1.31. The fourth-order valence-electron chi connectivity index (χ4n) is 3.80. The van der Waals surface area contributed by atoms with Crippen molar-refractivity contribution in [1.82, 2.24) is 15.3 Å². The maximum Gasteiger partial charge on any atom is 0.319 e. The number of fused-ring (bicyclic) bond motifs is 1. The van der Waals surface area contributed by atoms with E-state index in [0.717, 1.165) is 49.4 Å². The lowest BCUT2D eigenvalue weighted by Gasteiger charge is -2.33. The second kappa shape index (κ2) is 8.38. The molecule has 0 atom stereocenters. The maximum atomic E-state index is 12.4. The van der Waals surface area contributed by atoms with Crippen molar-refractivity contribution in [3.63, 3.8) is 0 Å². The van der Waals surface area contributed by atoms with E-state index in [2.05, 4.69) is 37.7 Å². The molecule has 0 saturated carbocycles. The van der Waals surface area contributed by atoms with Gasteiger partial charge in [0, 0.05) is 42.9 Å². The van der Waals surface area contributed by atoms with Gasteiger partial charge in [0.05, 0.1) is 19.9 Å². The first-order valence-corrected chi connectivity index (χ1v) is 9.73. The van der Waals surface area contributed by atoms with Gasteiger partial charge in [-0.2, -0.15) is 0 Å². The highest BCUT2D eigenvalue weighted by Crippen LogP contribution is 2.30. The molecule has 29 heavy (non-hydrogen) atoms. The van der Waals surface area contributed by atoms with Crippen LogP contribution >= 0.6 is 0 Å². The van der Waals surface area contributed by atoms with E-state index >= 15 is 0 Å². The van der Waals surface area contributed by atoms with Gasteiger partial charge in [0.1, 0.15) is 12.1 Å². The molecule has 1 aromatic carbocycles. The summed E-state index contributed by atoms with van der Waals surface area (Å²) in [5, 5.41) is 5.93. The number of benzene rings is 1. The minimum atomic E-state index is -0.221. The molecule has 0 radical (unpaired) electrons. The van der Waals surface area contributed by atoms with Crippen molar-refractivity contribution in [2.24, 2.45) is 0 Å². The molecule has 2 heterocycles. The zero-order chi connectivity index (χ0) is 20.2. The van der Waals surface area contributed by atoms with Crippen LogP contribution in [0, 0.1) is 0 Å². The van der Waals surface area contributed by atoms with E-state index in [1.807, 2.05) is 0 Å². The number of ether oxygens (including phenoxy) is 2. The highest BCUT2D eigenvalue weighted by Gasteiger charge is 2.24. The number of rotatable bonds is 5. The van der Waals surface area contributed by atoms with Gasteiger partial charge in [-0.3, -0.25) is 0 Å². The molecule has 0 bridgehead atoms. The molecule has 0 unspecified atom stereocenters. The van der Waals surface area contributed by atoms with Crippen molar-refractivity contribution in [3.05, 3.63) is 41.9 Å². The van der Waals surface area contributed by atoms with Crippen molar-refractivity contribution >= 4 is 23.6 Å². The van der Waals surface area contributed by atoms with Gasteiger partial charge in [-0.1, -0.05) is 12.2 Å². The highest BCUT2D eigenvalue weighted by molar-refractivity contribution is 5.89. The van der Waals surface area contributed by atoms with Crippen LogP contribution in [0.1, 0.15) is 24.1 Å². The molecule has 8 heteroatoms. The third-order valence-electron chi connectivity index (χ3n) is 5.31. The SMILES string of the molecule is COc1ccc(NC(=O)NC2CCN(c3ncnc4c3C=CC4)CC2)cc1OC. The second-order valence-corrected chi connectivity index (χ2v) is 7.09. The van der Waals surface area contributed by atoms with E-state index in [1.54, 1.807) is 38.7 Å². The molecule has 152 valence electrons. The molecular formula is C21H25N5O3. The quantitative estimate of drug-likeness (QED) is 0.809. The number of aromatic nitrogens is 2. The number of hydrogen-bond donors (Lipinski definition) is 2. The number of anilines is 2. The standard InChI is InChI=1S/C21H25N5O3/c1-28-18-7-6-15(12-19(18)29-2)25-21(27)24-14-8-10-26(11-9-14)20-16-4-3-5-17(16)22-13-23-20/h3-4,6-7,12-14H,5,8-11H2,1-2H3,(H2,24,25,27). The van der Waals surface area contributed by atoms with Crippen molar-refractivity contribution in [2.75, 3.05) is 37.5 Å². The summed E-state index contributed by atoms with van der Waals surface area (Å²) in [5.74, 6) is 2.19. The lowest BCUT2D eigenvalue weighted by Crippen LogP contribution is -2.46. The Hall–Kier alpha value is -3.29. The molecule has 1 aromatic heterocycles. The highest BCUT2D eigenvalue weighted by atomic mass is 16.5. The molecule has 0 spiro atoms. The summed E-state index contributed by atoms with van der Waals surface area (Å²) in [6, 6.07) is 5.19. The predicted octanol–water partition coefficient (Wildman–Crippen LogP) is 2.85. The molecule has 2 aromatic rings. The normalized spacial score (nSPS) is 15.7. The summed E-state index contributed by atoms with van der Waals surface area (Å²) in [5.41, 5.74) is 2.87. The smallest absolute Gasteiger partial charge is 0.319 e. The summed E-state index contributed by atoms with van der Waals surface area (Å²) in [6.07, 6.45) is 8.46. The Bertz CT molecular complexity index is 923. The van der Waals surface area contributed by atoms with Crippen LogP contribution in [0.5, 0.6) is 11.5 Å². The summed E-state index contributed by atoms with van der Waals surface area (Å²) in [7, 11) is 3.15. The number of allylic oxidation sites excluding steroid dienone is 1. The molecule has 2 N–H and O–H groups in total. The summed E-state index contributed by atoms with van der Waals surface area (Å²) in [6.45, 7) is 1.69. The fraction of sp³-hybridized carbons (Fsp3) is 0.381. The van der Waals surface area contributed by atoms with Gasteiger partial charge in [-0.05, 0) is 25.0 Å². The van der Waals surface area contributed by atoms with Crippen molar-refractivity contribution in [1.29, 1.82) is 0 Å². The van der Waals surface area contributed by atoms with E-state index < -0.39 is 0 Å².